The van der Waals surface area contributed by atoms with Gasteiger partial charge in [-0.15, -0.1) is 11.8 Å². The van der Waals surface area contributed by atoms with Crippen molar-refractivity contribution in [3.63, 3.8) is 0 Å². The number of imidazole rings is 1. The molecule has 2 N–H and O–H groups in total. The Hall–Kier alpha value is -1.01. The number of thioether (sulfide) groups is 1. The summed E-state index contributed by atoms with van der Waals surface area (Å²) in [6.45, 7) is 6.22. The predicted octanol–water partition coefficient (Wildman–Crippen LogP) is 0.923. The molecule has 0 radical (unpaired) electrons. The minimum atomic E-state index is -0.0749. The van der Waals surface area contributed by atoms with Crippen LogP contribution in [0.3, 0.4) is 0 Å². The molecule has 1 amide bonds. The van der Waals surface area contributed by atoms with E-state index >= 15 is 0 Å². The number of aromatic amines is 1. The van der Waals surface area contributed by atoms with Crippen LogP contribution in [0.4, 0.5) is 0 Å². The van der Waals surface area contributed by atoms with Crippen LogP contribution in [0.25, 0.3) is 0 Å². The van der Waals surface area contributed by atoms with Gasteiger partial charge in [-0.2, -0.15) is 0 Å². The average Bonchev–Trinajstić information content (AvgIpc) is 2.75. The fourth-order valence-electron chi connectivity index (χ4n) is 1.78. The number of rotatable bonds is 4. The molecular formula is C11H18N4OS. The van der Waals surface area contributed by atoms with E-state index in [1.54, 1.807) is 0 Å². The number of hydrogen-bond donors (Lipinski definition) is 2. The maximum absolute atomic E-state index is 11.7. The van der Waals surface area contributed by atoms with Crippen LogP contribution in [0.5, 0.6) is 0 Å². The van der Waals surface area contributed by atoms with E-state index in [0.717, 1.165) is 13.1 Å². The van der Waals surface area contributed by atoms with Crippen LogP contribution in [0.1, 0.15) is 24.3 Å². The molecule has 17 heavy (non-hydrogen) atoms. The van der Waals surface area contributed by atoms with Crippen LogP contribution in [-0.2, 0) is 0 Å². The van der Waals surface area contributed by atoms with Crippen molar-refractivity contribution < 1.29 is 4.79 Å². The van der Waals surface area contributed by atoms with Crippen LogP contribution >= 0.6 is 11.8 Å². The minimum absolute atomic E-state index is 0.0749. The number of nitrogens with zero attached hydrogens (tertiary/aromatic N) is 2. The lowest BCUT2D eigenvalue weighted by Gasteiger charge is -2.48. The molecule has 0 aliphatic carbocycles. The number of carbonyl (C=O) groups is 1. The Balaban J connectivity index is 1.80. The first-order valence-electron chi connectivity index (χ1n) is 5.62. The lowest BCUT2D eigenvalue weighted by molar-refractivity contribution is 0.0625. The fourth-order valence-corrected chi connectivity index (χ4v) is 2.19. The van der Waals surface area contributed by atoms with Crippen molar-refractivity contribution in [2.24, 2.45) is 0 Å². The number of nitrogens with one attached hydrogen (secondary N) is 2. The summed E-state index contributed by atoms with van der Waals surface area (Å²) in [5, 5.41) is 2.98. The van der Waals surface area contributed by atoms with Gasteiger partial charge in [0.15, 0.2) is 0 Å². The molecule has 0 spiro atoms. The van der Waals surface area contributed by atoms with Crippen molar-refractivity contribution in [1.82, 2.24) is 20.2 Å². The highest BCUT2D eigenvalue weighted by molar-refractivity contribution is 7.99. The molecule has 1 aromatic heterocycles. The van der Waals surface area contributed by atoms with Crippen molar-refractivity contribution in [1.29, 1.82) is 0 Å². The molecule has 0 atom stereocenters. The van der Waals surface area contributed by atoms with E-state index in [4.69, 9.17) is 0 Å². The smallest absolute Gasteiger partial charge is 0.269 e. The summed E-state index contributed by atoms with van der Waals surface area (Å²) in [4.78, 5) is 20.9. The number of amides is 1. The average molecular weight is 254 g/mol. The highest BCUT2D eigenvalue weighted by atomic mass is 32.2. The predicted molar refractivity (Wildman–Crippen MR) is 69.0 cm³/mol. The first kappa shape index (κ1) is 12.4. The molecule has 1 aromatic rings. The van der Waals surface area contributed by atoms with Gasteiger partial charge in [-0.25, -0.2) is 4.98 Å². The molecule has 1 aliphatic rings. The van der Waals surface area contributed by atoms with Gasteiger partial charge in [0.2, 0.25) is 0 Å². The van der Waals surface area contributed by atoms with Crippen molar-refractivity contribution in [2.75, 3.05) is 19.3 Å². The van der Waals surface area contributed by atoms with Crippen molar-refractivity contribution in [2.45, 2.75) is 24.8 Å². The quantitative estimate of drug-likeness (QED) is 0.839. The van der Waals surface area contributed by atoms with E-state index < -0.39 is 0 Å². The van der Waals surface area contributed by atoms with Crippen LogP contribution in [0.2, 0.25) is 0 Å². The highest BCUT2D eigenvalue weighted by Gasteiger charge is 2.37. The third-order valence-corrected chi connectivity index (χ3v) is 4.48. The Kier molecular flexibility index (Phi) is 3.44. The first-order valence-corrected chi connectivity index (χ1v) is 6.85. The molecule has 2 rings (SSSR count). The molecular weight excluding hydrogens is 236 g/mol. The van der Waals surface area contributed by atoms with E-state index in [1.807, 2.05) is 11.8 Å². The molecule has 94 valence electrons. The number of H-pyrrole nitrogens is 1. The molecule has 1 aliphatic heterocycles. The topological polar surface area (TPSA) is 61.0 Å². The number of likely N-dealkylation sites (tertiary alicyclic amines) is 1. The van der Waals surface area contributed by atoms with Gasteiger partial charge in [0, 0.05) is 13.1 Å². The molecule has 0 bridgehead atoms. The van der Waals surface area contributed by atoms with Gasteiger partial charge in [-0.05, 0) is 20.1 Å². The van der Waals surface area contributed by atoms with Crippen LogP contribution in [0, 0.1) is 0 Å². The van der Waals surface area contributed by atoms with Gasteiger partial charge >= 0.3 is 0 Å². The summed E-state index contributed by atoms with van der Waals surface area (Å²) < 4.78 is 0. The standard InChI is InChI=1S/C11H18N4OS/c1-11(2,17-3)15-5-8(6-15)14-10(16)9-4-12-7-13-9/h4,7-8H,5-6H2,1-3H3,(H,12,13)(H,14,16). The molecule has 0 aromatic carbocycles. The third-order valence-electron chi connectivity index (χ3n) is 3.22. The van der Waals surface area contributed by atoms with Gasteiger partial charge < -0.3 is 10.3 Å². The zero-order chi connectivity index (χ0) is 12.5. The van der Waals surface area contributed by atoms with Crippen molar-refractivity contribution >= 4 is 17.7 Å². The second-order valence-electron chi connectivity index (χ2n) is 4.69. The summed E-state index contributed by atoms with van der Waals surface area (Å²) >= 11 is 1.83. The second kappa shape index (κ2) is 4.70. The minimum Gasteiger partial charge on any atom is -0.345 e. The van der Waals surface area contributed by atoms with E-state index in [0.29, 0.717) is 5.69 Å². The summed E-state index contributed by atoms with van der Waals surface area (Å²) in [6.07, 6.45) is 5.16. The summed E-state index contributed by atoms with van der Waals surface area (Å²) in [5.41, 5.74) is 0.521. The number of aromatic nitrogens is 2. The maximum Gasteiger partial charge on any atom is 0.269 e. The Morgan fingerprint density at radius 2 is 2.35 bits per heavy atom. The molecule has 6 heteroatoms. The molecule has 2 heterocycles. The van der Waals surface area contributed by atoms with Crippen LogP contribution < -0.4 is 5.32 Å². The SMILES string of the molecule is CSC(C)(C)N1CC(NC(=O)c2cnc[nH]2)C1. The fraction of sp³-hybridized carbons (Fsp3) is 0.636. The lowest BCUT2D eigenvalue weighted by Crippen LogP contribution is -2.64. The van der Waals surface area contributed by atoms with Crippen molar-refractivity contribution in [3.8, 4) is 0 Å². The molecule has 0 saturated carbocycles. The molecule has 1 saturated heterocycles. The van der Waals surface area contributed by atoms with Gasteiger partial charge in [0.05, 0.1) is 23.4 Å². The normalized spacial score (nSPS) is 17.8. The van der Waals surface area contributed by atoms with E-state index in [9.17, 15) is 4.79 Å². The summed E-state index contributed by atoms with van der Waals surface area (Å²) in [5.74, 6) is -0.0749. The Morgan fingerprint density at radius 1 is 1.65 bits per heavy atom. The van der Waals surface area contributed by atoms with Crippen LogP contribution in [-0.4, -0.2) is 51.0 Å². The summed E-state index contributed by atoms with van der Waals surface area (Å²) in [6, 6.07) is 0.247. The molecule has 1 fully saturated rings. The van der Waals surface area contributed by atoms with Gasteiger partial charge in [-0.1, -0.05) is 0 Å². The van der Waals surface area contributed by atoms with E-state index in [2.05, 4.69) is 40.3 Å². The number of carbonyl (C=O) groups excluding carboxylic acids is 1. The Labute approximate surface area is 105 Å². The zero-order valence-electron chi connectivity index (χ0n) is 10.4. The maximum atomic E-state index is 11.7. The Bertz CT molecular complexity index is 384. The second-order valence-corrected chi connectivity index (χ2v) is 6.10. The van der Waals surface area contributed by atoms with Gasteiger partial charge in [-0.3, -0.25) is 9.69 Å². The highest BCUT2D eigenvalue weighted by Crippen LogP contribution is 2.30. The van der Waals surface area contributed by atoms with E-state index in [1.165, 1.54) is 12.5 Å². The Morgan fingerprint density at radius 3 is 2.88 bits per heavy atom. The van der Waals surface area contributed by atoms with Crippen LogP contribution in [0.15, 0.2) is 12.5 Å². The first-order chi connectivity index (χ1) is 8.03. The summed E-state index contributed by atoms with van der Waals surface area (Å²) in [7, 11) is 0. The largest absolute Gasteiger partial charge is 0.345 e. The van der Waals surface area contributed by atoms with Gasteiger partial charge in [0.1, 0.15) is 5.69 Å². The molecule has 0 unspecified atom stereocenters. The zero-order valence-corrected chi connectivity index (χ0v) is 11.2. The van der Waals surface area contributed by atoms with Crippen molar-refractivity contribution in [3.05, 3.63) is 18.2 Å². The monoisotopic (exact) mass is 254 g/mol. The molecule has 5 nitrogen and oxygen atoms in total. The van der Waals surface area contributed by atoms with Gasteiger partial charge in [0.25, 0.3) is 5.91 Å². The van der Waals surface area contributed by atoms with E-state index in [-0.39, 0.29) is 16.8 Å². The third kappa shape index (κ3) is 2.63. The number of hydrogen-bond acceptors (Lipinski definition) is 4. The lowest BCUT2D eigenvalue weighted by atomic mass is 10.1.